The number of nitrogens with one attached hydrogen (secondary N) is 1. The molecule has 0 heterocycles. The van der Waals surface area contributed by atoms with E-state index in [2.05, 4.69) is 28.2 Å². The summed E-state index contributed by atoms with van der Waals surface area (Å²) in [6.07, 6.45) is 1.01. The van der Waals surface area contributed by atoms with Crippen molar-refractivity contribution in [2.75, 3.05) is 6.54 Å². The first kappa shape index (κ1) is 16.5. The molecule has 0 aliphatic rings. The highest BCUT2D eigenvalue weighted by Gasteiger charge is 2.17. The molecule has 0 amide bonds. The highest BCUT2D eigenvalue weighted by molar-refractivity contribution is 9.10. The van der Waals surface area contributed by atoms with E-state index in [9.17, 15) is 4.39 Å². The zero-order valence-electron chi connectivity index (χ0n) is 12.1. The number of hydrogen-bond acceptors (Lipinski definition) is 1. The number of benzene rings is 2. The van der Waals surface area contributed by atoms with Crippen LogP contribution in [0.1, 0.15) is 36.1 Å². The van der Waals surface area contributed by atoms with Crippen LogP contribution in [-0.4, -0.2) is 6.54 Å². The maximum Gasteiger partial charge on any atom is 0.123 e. The molecule has 0 spiro atoms. The molecule has 1 atom stereocenters. The van der Waals surface area contributed by atoms with Gasteiger partial charge in [-0.2, -0.15) is 0 Å². The van der Waals surface area contributed by atoms with E-state index in [1.807, 2.05) is 31.2 Å². The van der Waals surface area contributed by atoms with Crippen LogP contribution in [0.25, 0.3) is 0 Å². The van der Waals surface area contributed by atoms with Crippen molar-refractivity contribution in [2.24, 2.45) is 0 Å². The van der Waals surface area contributed by atoms with Crippen molar-refractivity contribution in [3.8, 4) is 0 Å². The molecule has 2 rings (SSSR count). The molecule has 2 aromatic carbocycles. The van der Waals surface area contributed by atoms with Gasteiger partial charge in [-0.25, -0.2) is 4.39 Å². The van der Waals surface area contributed by atoms with Crippen molar-refractivity contribution in [2.45, 2.75) is 26.3 Å². The minimum absolute atomic E-state index is 0.0639. The van der Waals surface area contributed by atoms with Gasteiger partial charge in [-0.15, -0.1) is 0 Å². The lowest BCUT2D eigenvalue weighted by atomic mass is 9.97. The highest BCUT2D eigenvalue weighted by Crippen LogP contribution is 2.31. The van der Waals surface area contributed by atoms with Crippen LogP contribution in [0.15, 0.2) is 40.9 Å². The van der Waals surface area contributed by atoms with Crippen LogP contribution in [-0.2, 0) is 0 Å². The third kappa shape index (κ3) is 4.29. The Bertz CT molecular complexity index is 610. The van der Waals surface area contributed by atoms with Gasteiger partial charge in [0.1, 0.15) is 5.82 Å². The molecule has 0 aliphatic heterocycles. The Kier molecular flexibility index (Phi) is 5.80. The molecule has 0 aromatic heterocycles. The summed E-state index contributed by atoms with van der Waals surface area (Å²) in [5.74, 6) is -0.210. The zero-order valence-corrected chi connectivity index (χ0v) is 14.4. The van der Waals surface area contributed by atoms with Crippen LogP contribution in [0.5, 0.6) is 0 Å². The quantitative estimate of drug-likeness (QED) is 0.718. The Balaban J connectivity index is 2.46. The van der Waals surface area contributed by atoms with Gasteiger partial charge in [0.05, 0.1) is 6.04 Å². The van der Waals surface area contributed by atoms with Crippen LogP contribution in [0.3, 0.4) is 0 Å². The van der Waals surface area contributed by atoms with Gasteiger partial charge < -0.3 is 5.32 Å². The SMILES string of the molecule is CCCNC(c1cc(C)cc(F)c1)c1ccc(Cl)cc1Br. The van der Waals surface area contributed by atoms with Gasteiger partial charge in [0, 0.05) is 9.50 Å². The molecular weight excluding hydrogens is 353 g/mol. The largest absolute Gasteiger partial charge is 0.306 e. The Morgan fingerprint density at radius 3 is 2.62 bits per heavy atom. The summed E-state index contributed by atoms with van der Waals surface area (Å²) < 4.78 is 14.7. The van der Waals surface area contributed by atoms with Crippen molar-refractivity contribution in [1.82, 2.24) is 5.32 Å². The third-order valence-corrected chi connectivity index (χ3v) is 4.19. The van der Waals surface area contributed by atoms with Crippen molar-refractivity contribution >= 4 is 27.5 Å². The molecule has 1 N–H and O–H groups in total. The lowest BCUT2D eigenvalue weighted by molar-refractivity contribution is 0.583. The van der Waals surface area contributed by atoms with Crippen LogP contribution in [0, 0.1) is 12.7 Å². The molecule has 0 fully saturated rings. The molecule has 1 unspecified atom stereocenters. The minimum atomic E-state index is -0.210. The van der Waals surface area contributed by atoms with Crippen LogP contribution < -0.4 is 5.32 Å². The zero-order chi connectivity index (χ0) is 15.4. The second kappa shape index (κ2) is 7.39. The first-order valence-electron chi connectivity index (χ1n) is 6.96. The summed E-state index contributed by atoms with van der Waals surface area (Å²) in [5.41, 5.74) is 2.89. The predicted octanol–water partition coefficient (Wildman–Crippen LogP) is 5.64. The van der Waals surface area contributed by atoms with E-state index in [4.69, 9.17) is 11.6 Å². The molecule has 1 nitrogen and oxygen atoms in total. The molecule has 112 valence electrons. The Hall–Kier alpha value is -0.900. The van der Waals surface area contributed by atoms with Gasteiger partial charge >= 0.3 is 0 Å². The molecule has 2 aromatic rings. The Labute approximate surface area is 138 Å². The average Bonchev–Trinajstić information content (AvgIpc) is 2.40. The molecule has 0 saturated carbocycles. The lowest BCUT2D eigenvalue weighted by Crippen LogP contribution is -2.23. The summed E-state index contributed by atoms with van der Waals surface area (Å²) in [7, 11) is 0. The van der Waals surface area contributed by atoms with Crippen molar-refractivity contribution in [1.29, 1.82) is 0 Å². The standard InChI is InChI=1S/C17H18BrClFN/c1-3-6-21-17(12-7-11(2)8-14(20)9-12)15-5-4-13(19)10-16(15)18/h4-5,7-10,17,21H,3,6H2,1-2H3. The summed E-state index contributed by atoms with van der Waals surface area (Å²) in [6.45, 7) is 4.87. The fraction of sp³-hybridized carbons (Fsp3) is 0.294. The first-order chi connectivity index (χ1) is 10.0. The lowest BCUT2D eigenvalue weighted by Gasteiger charge is -2.21. The van der Waals surface area contributed by atoms with E-state index in [0.29, 0.717) is 5.02 Å². The van der Waals surface area contributed by atoms with Gasteiger partial charge in [0.25, 0.3) is 0 Å². The highest BCUT2D eigenvalue weighted by atomic mass is 79.9. The van der Waals surface area contributed by atoms with Crippen LogP contribution in [0.4, 0.5) is 4.39 Å². The third-order valence-electron chi connectivity index (χ3n) is 3.27. The maximum absolute atomic E-state index is 13.7. The number of hydrogen-bond donors (Lipinski definition) is 1. The van der Waals surface area contributed by atoms with E-state index in [-0.39, 0.29) is 11.9 Å². The summed E-state index contributed by atoms with van der Waals surface area (Å²) in [6, 6.07) is 10.8. The second-order valence-electron chi connectivity index (χ2n) is 5.11. The topological polar surface area (TPSA) is 12.0 Å². The van der Waals surface area contributed by atoms with Crippen molar-refractivity contribution < 1.29 is 4.39 Å². The molecule has 0 radical (unpaired) electrons. The van der Waals surface area contributed by atoms with Crippen molar-refractivity contribution in [3.63, 3.8) is 0 Å². The fourth-order valence-corrected chi connectivity index (χ4v) is 3.27. The molecule has 4 heteroatoms. The normalized spacial score (nSPS) is 12.4. The van der Waals surface area contributed by atoms with E-state index in [1.54, 1.807) is 6.07 Å². The monoisotopic (exact) mass is 369 g/mol. The second-order valence-corrected chi connectivity index (χ2v) is 6.41. The summed E-state index contributed by atoms with van der Waals surface area (Å²) in [5, 5.41) is 4.15. The smallest absolute Gasteiger partial charge is 0.123 e. The molecular formula is C17H18BrClFN. The van der Waals surface area contributed by atoms with Crippen LogP contribution >= 0.6 is 27.5 Å². The molecule has 0 bridgehead atoms. The first-order valence-corrected chi connectivity index (χ1v) is 8.13. The average molecular weight is 371 g/mol. The number of halogens is 3. The summed E-state index contributed by atoms with van der Waals surface area (Å²) in [4.78, 5) is 0. The van der Waals surface area contributed by atoms with Crippen LogP contribution in [0.2, 0.25) is 5.02 Å². The predicted molar refractivity (Wildman–Crippen MR) is 90.4 cm³/mol. The number of aryl methyl sites for hydroxylation is 1. The van der Waals surface area contributed by atoms with E-state index >= 15 is 0 Å². The van der Waals surface area contributed by atoms with Crippen molar-refractivity contribution in [3.05, 3.63) is 68.4 Å². The van der Waals surface area contributed by atoms with Gasteiger partial charge in [-0.3, -0.25) is 0 Å². The maximum atomic E-state index is 13.7. The number of rotatable bonds is 5. The van der Waals surface area contributed by atoms with E-state index < -0.39 is 0 Å². The Morgan fingerprint density at radius 2 is 2.00 bits per heavy atom. The fourth-order valence-electron chi connectivity index (χ4n) is 2.36. The molecule has 0 saturated heterocycles. The Morgan fingerprint density at radius 1 is 1.24 bits per heavy atom. The molecule has 21 heavy (non-hydrogen) atoms. The van der Waals surface area contributed by atoms with E-state index in [1.165, 1.54) is 6.07 Å². The van der Waals surface area contributed by atoms with Gasteiger partial charge in [-0.05, 0) is 60.8 Å². The summed E-state index contributed by atoms with van der Waals surface area (Å²) >= 11 is 9.57. The van der Waals surface area contributed by atoms with Gasteiger partial charge in [0.2, 0.25) is 0 Å². The van der Waals surface area contributed by atoms with Gasteiger partial charge in [0.15, 0.2) is 0 Å². The van der Waals surface area contributed by atoms with E-state index in [0.717, 1.165) is 34.1 Å². The van der Waals surface area contributed by atoms with Gasteiger partial charge in [-0.1, -0.05) is 46.6 Å². The minimum Gasteiger partial charge on any atom is -0.306 e. The molecule has 0 aliphatic carbocycles.